The van der Waals surface area contributed by atoms with Crippen LogP contribution in [0.3, 0.4) is 0 Å². The van der Waals surface area contributed by atoms with Gasteiger partial charge in [-0.05, 0) is 43.7 Å². The molecule has 0 aliphatic rings. The van der Waals surface area contributed by atoms with Gasteiger partial charge in [0.05, 0.1) is 12.2 Å². The summed E-state index contributed by atoms with van der Waals surface area (Å²) in [5, 5.41) is 3.38. The van der Waals surface area contributed by atoms with Gasteiger partial charge >= 0.3 is 0 Å². The number of aromatic nitrogens is 2. The summed E-state index contributed by atoms with van der Waals surface area (Å²) in [6.45, 7) is 5.17. The molecule has 3 nitrogen and oxygen atoms in total. The maximum atomic E-state index is 4.45. The van der Waals surface area contributed by atoms with Crippen molar-refractivity contribution in [2.45, 2.75) is 39.3 Å². The molecule has 0 aliphatic carbocycles. The van der Waals surface area contributed by atoms with Crippen molar-refractivity contribution in [3.63, 3.8) is 0 Å². The van der Waals surface area contributed by atoms with Gasteiger partial charge in [0.2, 0.25) is 0 Å². The summed E-state index contributed by atoms with van der Waals surface area (Å²) >= 11 is 0. The molecule has 0 amide bonds. The minimum absolute atomic E-state index is 0.455. The zero-order valence-electron chi connectivity index (χ0n) is 12.1. The largest absolute Gasteiger partial charge is 0.348 e. The second-order valence-corrected chi connectivity index (χ2v) is 5.01. The Morgan fingerprint density at radius 3 is 2.89 bits per heavy atom. The Morgan fingerprint density at radius 2 is 2.21 bits per heavy atom. The van der Waals surface area contributed by atoms with Crippen LogP contribution in [0, 0.1) is 6.92 Å². The number of nitrogens with zero attached hydrogens (tertiary/aromatic N) is 2. The van der Waals surface area contributed by atoms with E-state index in [1.807, 2.05) is 19.3 Å². The molecule has 0 aliphatic heterocycles. The molecule has 0 saturated heterocycles. The highest BCUT2D eigenvalue weighted by Crippen LogP contribution is 2.19. The van der Waals surface area contributed by atoms with Crippen LogP contribution in [-0.2, 0) is 6.54 Å². The van der Waals surface area contributed by atoms with Gasteiger partial charge < -0.3 is 9.88 Å². The summed E-state index contributed by atoms with van der Waals surface area (Å²) in [5.74, 6) is 0. The number of aryl methyl sites for hydroxylation is 1. The van der Waals surface area contributed by atoms with E-state index in [-0.39, 0.29) is 0 Å². The monoisotopic (exact) mass is 257 g/mol. The number of hydrogen-bond donors (Lipinski definition) is 1. The fraction of sp³-hybridized carbons (Fsp3) is 0.438. The van der Waals surface area contributed by atoms with Crippen LogP contribution in [-0.4, -0.2) is 16.6 Å². The standard InChI is InChI=1S/C16H23N3/c1-4-6-15(17-3)14-8-10-19(11-14)12-16-13(2)7-5-9-18-16/h5,7-11,15,17H,4,6,12H2,1-3H3. The smallest absolute Gasteiger partial charge is 0.0645 e. The van der Waals surface area contributed by atoms with Crippen molar-refractivity contribution in [3.05, 3.63) is 53.6 Å². The van der Waals surface area contributed by atoms with Gasteiger partial charge in [-0.2, -0.15) is 0 Å². The van der Waals surface area contributed by atoms with Gasteiger partial charge in [-0.3, -0.25) is 4.98 Å². The van der Waals surface area contributed by atoms with E-state index in [2.05, 4.69) is 53.2 Å². The van der Waals surface area contributed by atoms with Crippen molar-refractivity contribution in [1.29, 1.82) is 0 Å². The van der Waals surface area contributed by atoms with Gasteiger partial charge in [0.1, 0.15) is 0 Å². The van der Waals surface area contributed by atoms with Crippen molar-refractivity contribution in [3.8, 4) is 0 Å². The molecule has 0 radical (unpaired) electrons. The second kappa shape index (κ2) is 6.53. The molecule has 2 heterocycles. The first-order chi connectivity index (χ1) is 9.24. The van der Waals surface area contributed by atoms with Crippen molar-refractivity contribution in [2.24, 2.45) is 0 Å². The van der Waals surface area contributed by atoms with Gasteiger partial charge in [0.25, 0.3) is 0 Å². The second-order valence-electron chi connectivity index (χ2n) is 5.01. The third-order valence-electron chi connectivity index (χ3n) is 3.55. The number of hydrogen-bond acceptors (Lipinski definition) is 2. The molecule has 1 N–H and O–H groups in total. The van der Waals surface area contributed by atoms with Crippen LogP contribution in [0.5, 0.6) is 0 Å². The van der Waals surface area contributed by atoms with E-state index in [9.17, 15) is 0 Å². The van der Waals surface area contributed by atoms with E-state index in [0.29, 0.717) is 6.04 Å². The molecule has 0 fully saturated rings. The van der Waals surface area contributed by atoms with Crippen LogP contribution in [0.25, 0.3) is 0 Å². The number of rotatable bonds is 6. The van der Waals surface area contributed by atoms with E-state index in [1.54, 1.807) is 0 Å². The molecular weight excluding hydrogens is 234 g/mol. The first-order valence-electron chi connectivity index (χ1n) is 6.98. The summed E-state index contributed by atoms with van der Waals surface area (Å²) in [6, 6.07) is 6.75. The molecule has 1 unspecified atom stereocenters. The van der Waals surface area contributed by atoms with Crippen molar-refractivity contribution >= 4 is 0 Å². The van der Waals surface area contributed by atoms with Crippen LogP contribution >= 0.6 is 0 Å². The van der Waals surface area contributed by atoms with Crippen LogP contribution in [0.1, 0.15) is 42.6 Å². The topological polar surface area (TPSA) is 29.9 Å². The van der Waals surface area contributed by atoms with Crippen LogP contribution < -0.4 is 5.32 Å². The lowest BCUT2D eigenvalue weighted by atomic mass is 10.1. The predicted molar refractivity (Wildman–Crippen MR) is 79.2 cm³/mol. The molecule has 102 valence electrons. The quantitative estimate of drug-likeness (QED) is 0.860. The van der Waals surface area contributed by atoms with Crippen LogP contribution in [0.15, 0.2) is 36.8 Å². The number of pyridine rings is 1. The Hall–Kier alpha value is -1.61. The van der Waals surface area contributed by atoms with Crippen molar-refractivity contribution in [2.75, 3.05) is 7.05 Å². The first-order valence-corrected chi connectivity index (χ1v) is 6.98. The van der Waals surface area contributed by atoms with Gasteiger partial charge in [0, 0.05) is 24.6 Å². The van der Waals surface area contributed by atoms with Crippen LogP contribution in [0.4, 0.5) is 0 Å². The zero-order chi connectivity index (χ0) is 13.7. The summed E-state index contributed by atoms with van der Waals surface area (Å²) in [6.07, 6.45) is 8.59. The average molecular weight is 257 g/mol. The molecular formula is C16H23N3. The van der Waals surface area contributed by atoms with E-state index in [4.69, 9.17) is 0 Å². The van der Waals surface area contributed by atoms with E-state index >= 15 is 0 Å². The summed E-state index contributed by atoms with van der Waals surface area (Å²) in [5.41, 5.74) is 3.75. The van der Waals surface area contributed by atoms with E-state index in [0.717, 1.165) is 12.2 Å². The lowest BCUT2D eigenvalue weighted by molar-refractivity contribution is 0.540. The summed E-state index contributed by atoms with van der Waals surface area (Å²) < 4.78 is 2.21. The van der Waals surface area contributed by atoms with Crippen molar-refractivity contribution in [1.82, 2.24) is 14.9 Å². The first kappa shape index (κ1) is 13.8. The normalized spacial score (nSPS) is 12.6. The molecule has 19 heavy (non-hydrogen) atoms. The van der Waals surface area contributed by atoms with E-state index < -0.39 is 0 Å². The SMILES string of the molecule is CCCC(NC)c1ccn(Cc2ncccc2C)c1. The van der Waals surface area contributed by atoms with E-state index in [1.165, 1.54) is 24.0 Å². The molecule has 0 aromatic carbocycles. The molecule has 0 bridgehead atoms. The molecule has 0 spiro atoms. The maximum absolute atomic E-state index is 4.45. The lowest BCUT2D eigenvalue weighted by Crippen LogP contribution is -2.15. The Morgan fingerprint density at radius 1 is 1.37 bits per heavy atom. The molecule has 2 aromatic rings. The average Bonchev–Trinajstić information content (AvgIpc) is 2.87. The van der Waals surface area contributed by atoms with Gasteiger partial charge in [-0.25, -0.2) is 0 Å². The Kier molecular flexibility index (Phi) is 4.74. The highest BCUT2D eigenvalue weighted by Gasteiger charge is 2.09. The fourth-order valence-corrected chi connectivity index (χ4v) is 2.39. The molecule has 1 atom stereocenters. The predicted octanol–water partition coefficient (Wildman–Crippen LogP) is 3.30. The third kappa shape index (κ3) is 3.44. The summed E-state index contributed by atoms with van der Waals surface area (Å²) in [7, 11) is 2.03. The lowest BCUT2D eigenvalue weighted by Gasteiger charge is -2.13. The number of nitrogens with one attached hydrogen (secondary N) is 1. The zero-order valence-corrected chi connectivity index (χ0v) is 12.1. The maximum Gasteiger partial charge on any atom is 0.0645 e. The molecule has 3 heteroatoms. The van der Waals surface area contributed by atoms with Gasteiger partial charge in [-0.15, -0.1) is 0 Å². The molecule has 0 saturated carbocycles. The molecule has 2 aromatic heterocycles. The van der Waals surface area contributed by atoms with Crippen molar-refractivity contribution < 1.29 is 0 Å². The highest BCUT2D eigenvalue weighted by atomic mass is 15.0. The minimum atomic E-state index is 0.455. The van der Waals surface area contributed by atoms with Gasteiger partial charge in [-0.1, -0.05) is 19.4 Å². The van der Waals surface area contributed by atoms with Gasteiger partial charge in [0.15, 0.2) is 0 Å². The fourth-order valence-electron chi connectivity index (χ4n) is 2.39. The Balaban J connectivity index is 2.11. The summed E-state index contributed by atoms with van der Waals surface area (Å²) in [4.78, 5) is 4.45. The highest BCUT2D eigenvalue weighted by molar-refractivity contribution is 5.20. The Bertz CT molecular complexity index is 516. The minimum Gasteiger partial charge on any atom is -0.348 e. The molecule has 2 rings (SSSR count). The van der Waals surface area contributed by atoms with Crippen LogP contribution in [0.2, 0.25) is 0 Å². The Labute approximate surface area is 115 Å². The third-order valence-corrected chi connectivity index (χ3v) is 3.55.